The van der Waals surface area contributed by atoms with E-state index in [2.05, 4.69) is 5.32 Å². The van der Waals surface area contributed by atoms with Crippen LogP contribution in [0.2, 0.25) is 0 Å². The van der Waals surface area contributed by atoms with Crippen LogP contribution in [-0.2, 0) is 16.1 Å². The van der Waals surface area contributed by atoms with Crippen molar-refractivity contribution in [1.29, 1.82) is 0 Å². The first kappa shape index (κ1) is 18.1. The molecule has 0 fully saturated rings. The third-order valence-electron chi connectivity index (χ3n) is 3.50. The summed E-state index contributed by atoms with van der Waals surface area (Å²) in [6, 6.07) is 11.2. The van der Waals surface area contributed by atoms with Crippen molar-refractivity contribution in [3.8, 4) is 0 Å². The van der Waals surface area contributed by atoms with Crippen LogP contribution < -0.4 is 5.32 Å². The Hall–Kier alpha value is -2.21. The van der Waals surface area contributed by atoms with Crippen LogP contribution in [0.1, 0.15) is 18.2 Å². The van der Waals surface area contributed by atoms with Gasteiger partial charge >= 0.3 is 0 Å². The second kappa shape index (κ2) is 8.59. The van der Waals surface area contributed by atoms with Crippen LogP contribution in [0.5, 0.6) is 0 Å². The van der Waals surface area contributed by atoms with Crippen LogP contribution >= 0.6 is 11.8 Å². The highest BCUT2D eigenvalue weighted by Crippen LogP contribution is 2.16. The highest BCUT2D eigenvalue weighted by Gasteiger charge is 2.20. The average molecular weight is 346 g/mol. The Morgan fingerprint density at radius 3 is 2.58 bits per heavy atom. The van der Waals surface area contributed by atoms with E-state index in [1.54, 1.807) is 24.3 Å². The van der Waals surface area contributed by atoms with E-state index < -0.39 is 0 Å². The molecule has 24 heavy (non-hydrogen) atoms. The Labute approximate surface area is 146 Å². The summed E-state index contributed by atoms with van der Waals surface area (Å²) in [5.41, 5.74) is 1.90. The Bertz CT molecular complexity index is 668. The summed E-state index contributed by atoms with van der Waals surface area (Å²) in [6.07, 6.45) is 1.58. The van der Waals surface area contributed by atoms with E-state index in [9.17, 15) is 9.59 Å². The molecule has 2 aromatic rings. The minimum absolute atomic E-state index is 0.0282. The molecule has 1 aromatic heterocycles. The molecule has 1 aromatic carbocycles. The second-order valence-corrected chi connectivity index (χ2v) is 6.97. The minimum Gasteiger partial charge on any atom is -0.467 e. The molecular weight excluding hydrogens is 324 g/mol. The molecule has 0 aliphatic rings. The van der Waals surface area contributed by atoms with Crippen molar-refractivity contribution in [3.63, 3.8) is 0 Å². The number of nitrogens with one attached hydrogen (secondary N) is 1. The van der Waals surface area contributed by atoms with Gasteiger partial charge < -0.3 is 14.6 Å². The van der Waals surface area contributed by atoms with E-state index >= 15 is 0 Å². The summed E-state index contributed by atoms with van der Waals surface area (Å²) >= 11 is 1.32. The number of benzene rings is 1. The molecular formula is C18H22N2O3S. The molecule has 2 amide bonds. The Balaban J connectivity index is 1.76. The van der Waals surface area contributed by atoms with Crippen LogP contribution in [0.3, 0.4) is 0 Å². The van der Waals surface area contributed by atoms with E-state index in [0.29, 0.717) is 6.54 Å². The molecule has 0 spiro atoms. The molecule has 6 heteroatoms. The van der Waals surface area contributed by atoms with Crippen molar-refractivity contribution in [2.45, 2.75) is 25.6 Å². The zero-order valence-electron chi connectivity index (χ0n) is 14.1. The van der Waals surface area contributed by atoms with E-state index in [-0.39, 0.29) is 22.8 Å². The van der Waals surface area contributed by atoms with Gasteiger partial charge in [0.1, 0.15) is 5.76 Å². The molecule has 128 valence electrons. The van der Waals surface area contributed by atoms with Gasteiger partial charge in [0.2, 0.25) is 11.8 Å². The third kappa shape index (κ3) is 5.45. The van der Waals surface area contributed by atoms with Crippen molar-refractivity contribution in [2.75, 3.05) is 18.1 Å². The van der Waals surface area contributed by atoms with Crippen molar-refractivity contribution < 1.29 is 14.0 Å². The summed E-state index contributed by atoms with van der Waals surface area (Å²) in [7, 11) is 1.73. The summed E-state index contributed by atoms with van der Waals surface area (Å²) in [5, 5.41) is 2.53. The number of carbonyl (C=O) groups is 2. The highest BCUT2D eigenvalue weighted by atomic mass is 32.2. The van der Waals surface area contributed by atoms with Crippen molar-refractivity contribution >= 4 is 29.3 Å². The molecule has 1 unspecified atom stereocenters. The zero-order chi connectivity index (χ0) is 17.5. The predicted molar refractivity (Wildman–Crippen MR) is 96.9 cm³/mol. The van der Waals surface area contributed by atoms with E-state index in [4.69, 9.17) is 4.42 Å². The normalized spacial score (nSPS) is 11.8. The van der Waals surface area contributed by atoms with Crippen LogP contribution in [0.15, 0.2) is 47.1 Å². The molecule has 0 saturated carbocycles. The number of amides is 2. The quantitative estimate of drug-likeness (QED) is 0.835. The van der Waals surface area contributed by atoms with Gasteiger partial charge in [-0.2, -0.15) is 0 Å². The van der Waals surface area contributed by atoms with E-state index in [1.807, 2.05) is 44.2 Å². The lowest BCUT2D eigenvalue weighted by Gasteiger charge is -2.20. The molecule has 0 bridgehead atoms. The fraction of sp³-hybridized carbons (Fsp3) is 0.333. The molecule has 1 atom stereocenters. The largest absolute Gasteiger partial charge is 0.467 e. The SMILES string of the molecule is Cc1ccc(NC(=O)CSC(C)C(=O)N(C)Cc2ccco2)cc1. The van der Waals surface area contributed by atoms with Crippen LogP contribution in [0.4, 0.5) is 5.69 Å². The molecule has 5 nitrogen and oxygen atoms in total. The molecule has 1 heterocycles. The van der Waals surface area contributed by atoms with E-state index in [0.717, 1.165) is 17.0 Å². The lowest BCUT2D eigenvalue weighted by atomic mass is 10.2. The lowest BCUT2D eigenvalue weighted by Crippen LogP contribution is -2.33. The van der Waals surface area contributed by atoms with Crippen LogP contribution in [0.25, 0.3) is 0 Å². The first-order chi connectivity index (χ1) is 11.5. The predicted octanol–water partition coefficient (Wildman–Crippen LogP) is 3.31. The van der Waals surface area contributed by atoms with Gasteiger partial charge in [0.05, 0.1) is 23.8 Å². The van der Waals surface area contributed by atoms with Crippen LogP contribution in [0, 0.1) is 6.92 Å². The van der Waals surface area contributed by atoms with Gasteiger partial charge in [-0.25, -0.2) is 0 Å². The number of nitrogens with zero attached hydrogens (tertiary/aromatic N) is 1. The molecule has 0 radical (unpaired) electrons. The van der Waals surface area contributed by atoms with E-state index in [1.165, 1.54) is 11.8 Å². The number of anilines is 1. The van der Waals surface area contributed by atoms with Gasteiger partial charge in [0, 0.05) is 12.7 Å². The maximum Gasteiger partial charge on any atom is 0.235 e. The highest BCUT2D eigenvalue weighted by molar-refractivity contribution is 8.01. The minimum atomic E-state index is -0.297. The Morgan fingerprint density at radius 1 is 1.25 bits per heavy atom. The molecule has 2 rings (SSSR count). The van der Waals surface area contributed by atoms with Gasteiger partial charge in [0.25, 0.3) is 0 Å². The number of hydrogen-bond donors (Lipinski definition) is 1. The average Bonchev–Trinajstić information content (AvgIpc) is 3.07. The van der Waals surface area contributed by atoms with Crippen LogP contribution in [-0.4, -0.2) is 34.8 Å². The Kier molecular flexibility index (Phi) is 6.49. The van der Waals surface area contributed by atoms with Gasteiger partial charge in [-0.15, -0.1) is 11.8 Å². The van der Waals surface area contributed by atoms with Gasteiger partial charge in [-0.3, -0.25) is 9.59 Å². The number of thioether (sulfide) groups is 1. The second-order valence-electron chi connectivity index (χ2n) is 5.64. The van der Waals surface area contributed by atoms with Crippen molar-refractivity contribution in [2.24, 2.45) is 0 Å². The summed E-state index contributed by atoms with van der Waals surface area (Å²) in [4.78, 5) is 25.9. The zero-order valence-corrected chi connectivity index (χ0v) is 14.9. The maximum atomic E-state index is 12.3. The van der Waals surface area contributed by atoms with Gasteiger partial charge in [-0.05, 0) is 38.1 Å². The summed E-state index contributed by atoms with van der Waals surface area (Å²) < 4.78 is 5.24. The summed E-state index contributed by atoms with van der Waals surface area (Å²) in [5.74, 6) is 0.826. The number of aryl methyl sites for hydroxylation is 1. The summed E-state index contributed by atoms with van der Waals surface area (Å²) in [6.45, 7) is 4.23. The Morgan fingerprint density at radius 2 is 1.96 bits per heavy atom. The third-order valence-corrected chi connectivity index (χ3v) is 4.63. The first-order valence-corrected chi connectivity index (χ1v) is 8.76. The lowest BCUT2D eigenvalue weighted by molar-refractivity contribution is -0.129. The molecule has 1 N–H and O–H groups in total. The monoisotopic (exact) mass is 346 g/mol. The standard InChI is InChI=1S/C18H22N2O3S/c1-13-6-8-15(9-7-13)19-17(21)12-24-14(2)18(22)20(3)11-16-5-4-10-23-16/h4-10,14H,11-12H2,1-3H3,(H,19,21). The molecule has 0 aliphatic heterocycles. The van der Waals surface area contributed by atoms with Gasteiger partial charge in [0.15, 0.2) is 0 Å². The van der Waals surface area contributed by atoms with Gasteiger partial charge in [-0.1, -0.05) is 17.7 Å². The topological polar surface area (TPSA) is 62.6 Å². The molecule has 0 saturated heterocycles. The number of rotatable bonds is 7. The molecule has 0 aliphatic carbocycles. The fourth-order valence-corrected chi connectivity index (χ4v) is 2.93. The number of hydrogen-bond acceptors (Lipinski definition) is 4. The smallest absolute Gasteiger partial charge is 0.235 e. The number of carbonyl (C=O) groups excluding carboxylic acids is 2. The van der Waals surface area contributed by atoms with Crippen molar-refractivity contribution in [3.05, 3.63) is 54.0 Å². The fourth-order valence-electron chi connectivity index (χ4n) is 2.13. The number of furan rings is 1. The van der Waals surface area contributed by atoms with Crippen molar-refractivity contribution in [1.82, 2.24) is 4.90 Å². The maximum absolute atomic E-state index is 12.3. The first-order valence-electron chi connectivity index (χ1n) is 7.71.